The second-order valence-electron chi connectivity index (χ2n) is 7.56. The summed E-state index contributed by atoms with van der Waals surface area (Å²) in [6.07, 6.45) is 3.61. The molecular weight excluding hydrogens is 493 g/mol. The van der Waals surface area contributed by atoms with Crippen molar-refractivity contribution in [3.8, 4) is 16.9 Å². The minimum absolute atomic E-state index is 0.151. The monoisotopic (exact) mass is 513 g/mol. The van der Waals surface area contributed by atoms with Crippen molar-refractivity contribution < 1.29 is 4.92 Å². The molecule has 0 bridgehead atoms. The van der Waals surface area contributed by atoms with Gasteiger partial charge in [-0.3, -0.25) is 10.1 Å². The number of anilines is 3. The molecule has 4 N–H and O–H groups in total. The van der Waals surface area contributed by atoms with Gasteiger partial charge in [0, 0.05) is 35.9 Å². The normalized spacial score (nSPS) is 10.9. The van der Waals surface area contributed by atoms with Gasteiger partial charge in [-0.1, -0.05) is 23.2 Å². The highest BCUT2D eigenvalue weighted by molar-refractivity contribution is 6.36. The van der Waals surface area contributed by atoms with E-state index >= 15 is 0 Å². The molecule has 0 radical (unpaired) electrons. The lowest BCUT2D eigenvalue weighted by Crippen LogP contribution is -2.16. The number of rotatable bonds is 8. The Morgan fingerprint density at radius 3 is 2.51 bits per heavy atom. The third kappa shape index (κ3) is 5.42. The first-order chi connectivity index (χ1) is 16.7. The highest BCUT2D eigenvalue weighted by Crippen LogP contribution is 2.33. The molecule has 35 heavy (non-hydrogen) atoms. The minimum atomic E-state index is -0.578. The molecule has 0 saturated heterocycles. The van der Waals surface area contributed by atoms with Gasteiger partial charge in [0.1, 0.15) is 17.3 Å². The lowest BCUT2D eigenvalue weighted by atomic mass is 10.1. The zero-order chi connectivity index (χ0) is 25.1. The van der Waals surface area contributed by atoms with Crippen molar-refractivity contribution in [3.05, 3.63) is 74.4 Å². The van der Waals surface area contributed by atoms with Crippen molar-refractivity contribution in [2.75, 3.05) is 29.5 Å². The molecule has 0 spiro atoms. The van der Waals surface area contributed by atoms with Crippen LogP contribution in [-0.4, -0.2) is 42.5 Å². The predicted molar refractivity (Wildman–Crippen MR) is 136 cm³/mol. The molecule has 4 rings (SSSR count). The number of nitrogens with zero attached hydrogens (tertiary/aromatic N) is 6. The quantitative estimate of drug-likeness (QED) is 0.173. The van der Waals surface area contributed by atoms with Gasteiger partial charge in [0.05, 0.1) is 27.5 Å². The summed E-state index contributed by atoms with van der Waals surface area (Å²) in [6, 6.07) is 8.03. The Bertz CT molecular complexity index is 1410. The Morgan fingerprint density at radius 2 is 1.86 bits per heavy atom. The number of nitrogen functional groups attached to an aromatic ring is 1. The Kier molecular flexibility index (Phi) is 6.99. The van der Waals surface area contributed by atoms with Crippen molar-refractivity contribution >= 4 is 46.5 Å². The fourth-order valence-electron chi connectivity index (χ4n) is 3.46. The molecule has 0 fully saturated rings. The molecule has 13 heteroatoms. The summed E-state index contributed by atoms with van der Waals surface area (Å²) >= 11 is 12.6. The second kappa shape index (κ2) is 10.1. The summed E-state index contributed by atoms with van der Waals surface area (Å²) in [5.74, 6) is 1.45. The number of imidazole rings is 1. The van der Waals surface area contributed by atoms with E-state index in [4.69, 9.17) is 33.9 Å². The number of hydrogen-bond donors (Lipinski definition) is 3. The van der Waals surface area contributed by atoms with E-state index in [0.29, 0.717) is 46.2 Å². The Hall–Kier alpha value is -3.96. The largest absolute Gasteiger partial charge is 0.378 e. The summed E-state index contributed by atoms with van der Waals surface area (Å²) < 4.78 is 1.91. The van der Waals surface area contributed by atoms with E-state index in [-0.39, 0.29) is 11.5 Å². The van der Waals surface area contributed by atoms with Gasteiger partial charge in [0.25, 0.3) is 0 Å². The van der Waals surface area contributed by atoms with Crippen LogP contribution in [0.3, 0.4) is 0 Å². The Balaban J connectivity index is 1.54. The Labute approximate surface area is 210 Å². The maximum Gasteiger partial charge on any atom is 0.311 e. The van der Waals surface area contributed by atoms with Crippen LogP contribution in [0.4, 0.5) is 23.3 Å². The van der Waals surface area contributed by atoms with Crippen LogP contribution in [0.2, 0.25) is 10.0 Å². The molecule has 4 aromatic rings. The third-order valence-corrected chi connectivity index (χ3v) is 5.58. The van der Waals surface area contributed by atoms with E-state index in [1.54, 1.807) is 18.3 Å². The van der Waals surface area contributed by atoms with Crippen molar-refractivity contribution in [3.63, 3.8) is 0 Å². The number of nitro groups is 1. The maximum absolute atomic E-state index is 10.9. The van der Waals surface area contributed by atoms with E-state index in [1.807, 2.05) is 30.7 Å². The predicted octanol–water partition coefficient (Wildman–Crippen LogP) is 4.66. The van der Waals surface area contributed by atoms with Crippen molar-refractivity contribution in [2.24, 2.45) is 0 Å². The van der Waals surface area contributed by atoms with Gasteiger partial charge in [0.2, 0.25) is 11.8 Å². The van der Waals surface area contributed by atoms with Crippen molar-refractivity contribution in [2.45, 2.75) is 13.8 Å². The van der Waals surface area contributed by atoms with E-state index in [0.717, 1.165) is 17.2 Å². The Morgan fingerprint density at radius 1 is 1.09 bits per heavy atom. The van der Waals surface area contributed by atoms with Crippen LogP contribution < -0.4 is 16.4 Å². The number of nitrogens with two attached hydrogens (primary N) is 1. The molecule has 1 aromatic carbocycles. The van der Waals surface area contributed by atoms with Gasteiger partial charge >= 0.3 is 5.69 Å². The minimum Gasteiger partial charge on any atom is -0.378 e. The zero-order valence-electron chi connectivity index (χ0n) is 18.8. The third-order valence-electron chi connectivity index (χ3n) is 5.03. The van der Waals surface area contributed by atoms with E-state index in [2.05, 4.69) is 25.6 Å². The maximum atomic E-state index is 10.9. The second-order valence-corrected chi connectivity index (χ2v) is 8.41. The van der Waals surface area contributed by atoms with Crippen LogP contribution in [0.15, 0.2) is 42.7 Å². The molecule has 0 amide bonds. The highest BCUT2D eigenvalue weighted by atomic mass is 35.5. The van der Waals surface area contributed by atoms with Gasteiger partial charge in [0.15, 0.2) is 0 Å². The van der Waals surface area contributed by atoms with Gasteiger partial charge in [-0.15, -0.1) is 0 Å². The zero-order valence-corrected chi connectivity index (χ0v) is 20.3. The number of benzene rings is 1. The fourth-order valence-corrected chi connectivity index (χ4v) is 3.96. The smallest absolute Gasteiger partial charge is 0.311 e. The molecule has 0 aliphatic heterocycles. The lowest BCUT2D eigenvalue weighted by Gasteiger charge is -2.14. The molecule has 0 aliphatic carbocycles. The standard InChI is InChI=1S/C22H21Cl2N9O2/c1-12-11-32(13(2)29-12)18-10-28-22(31-20(18)15-4-3-14(23)9-16(15)24)27-8-7-26-19-6-5-17(33(34)35)21(25)30-19/h3-6,9-11H,7-8H2,1-2H3,(H3,25,26,30)(H,27,28,31). The molecule has 0 saturated carbocycles. The van der Waals surface area contributed by atoms with Gasteiger partial charge in [-0.2, -0.15) is 0 Å². The van der Waals surface area contributed by atoms with Crippen LogP contribution in [-0.2, 0) is 0 Å². The molecule has 11 nitrogen and oxygen atoms in total. The van der Waals surface area contributed by atoms with Gasteiger partial charge in [-0.05, 0) is 38.1 Å². The van der Waals surface area contributed by atoms with Crippen LogP contribution >= 0.6 is 23.2 Å². The topological polar surface area (TPSA) is 150 Å². The van der Waals surface area contributed by atoms with Crippen molar-refractivity contribution in [1.82, 2.24) is 24.5 Å². The average Bonchev–Trinajstić information content (AvgIpc) is 3.14. The summed E-state index contributed by atoms with van der Waals surface area (Å²) in [7, 11) is 0. The van der Waals surface area contributed by atoms with E-state index in [1.165, 1.54) is 12.1 Å². The lowest BCUT2D eigenvalue weighted by molar-refractivity contribution is -0.384. The number of aryl methyl sites for hydroxylation is 2. The number of halogens is 2. The highest BCUT2D eigenvalue weighted by Gasteiger charge is 2.17. The van der Waals surface area contributed by atoms with Gasteiger partial charge < -0.3 is 20.9 Å². The SMILES string of the molecule is Cc1cn(-c2cnc(NCCNc3ccc([N+](=O)[O-])c(N)n3)nc2-c2ccc(Cl)cc2Cl)c(C)n1. The van der Waals surface area contributed by atoms with E-state index < -0.39 is 4.92 Å². The van der Waals surface area contributed by atoms with Crippen LogP contribution in [0, 0.1) is 24.0 Å². The summed E-state index contributed by atoms with van der Waals surface area (Å²) in [5.41, 5.74) is 8.30. The molecule has 180 valence electrons. The fraction of sp³-hybridized carbons (Fsp3) is 0.182. The first kappa shape index (κ1) is 24.2. The summed E-state index contributed by atoms with van der Waals surface area (Å²) in [5, 5.41) is 18.1. The number of hydrogen-bond acceptors (Lipinski definition) is 9. The van der Waals surface area contributed by atoms with Crippen LogP contribution in [0.1, 0.15) is 11.5 Å². The summed E-state index contributed by atoms with van der Waals surface area (Å²) in [6.45, 7) is 4.69. The van der Waals surface area contributed by atoms with E-state index in [9.17, 15) is 10.1 Å². The van der Waals surface area contributed by atoms with Crippen LogP contribution in [0.5, 0.6) is 0 Å². The first-order valence-electron chi connectivity index (χ1n) is 10.5. The number of nitrogens with one attached hydrogen (secondary N) is 2. The molecular formula is C22H21Cl2N9O2. The number of pyridine rings is 1. The first-order valence-corrected chi connectivity index (χ1v) is 11.2. The van der Waals surface area contributed by atoms with Crippen LogP contribution in [0.25, 0.3) is 16.9 Å². The average molecular weight is 514 g/mol. The molecule has 0 unspecified atom stereocenters. The van der Waals surface area contributed by atoms with Crippen molar-refractivity contribution in [1.29, 1.82) is 0 Å². The molecule has 0 atom stereocenters. The molecule has 3 aromatic heterocycles. The molecule has 0 aliphatic rings. The summed E-state index contributed by atoms with van der Waals surface area (Å²) in [4.78, 5) is 27.9. The van der Waals surface area contributed by atoms with Gasteiger partial charge in [-0.25, -0.2) is 19.9 Å². The molecule has 3 heterocycles. The number of aromatic nitrogens is 5.